The number of likely N-dealkylation sites (tertiary alicyclic amines) is 1. The molecule has 0 aromatic heterocycles. The fraction of sp³-hybridized carbons (Fsp3) is 0.708. The van der Waals surface area contributed by atoms with Crippen molar-refractivity contribution < 1.29 is 9.47 Å². The Kier molecular flexibility index (Phi) is 12.4. The molecule has 0 atom stereocenters. The Bertz CT molecular complexity index is 659. The topological polar surface area (TPSA) is 58.1 Å². The quantitative estimate of drug-likeness (QED) is 0.185. The summed E-state index contributed by atoms with van der Waals surface area (Å²) in [5.41, 5.74) is 1.08. The molecule has 7 heteroatoms. The van der Waals surface area contributed by atoms with Gasteiger partial charge in [-0.25, -0.2) is 4.99 Å². The van der Waals surface area contributed by atoms with Crippen LogP contribution in [0.5, 0.6) is 11.5 Å². The zero-order chi connectivity index (χ0) is 21.0. The van der Waals surface area contributed by atoms with Crippen LogP contribution < -0.4 is 20.1 Å². The molecule has 0 unspecified atom stereocenters. The van der Waals surface area contributed by atoms with Gasteiger partial charge in [-0.1, -0.05) is 12.1 Å². The molecular weight excluding hydrogens is 503 g/mol. The number of hydrogen-bond donors (Lipinski definition) is 2. The molecule has 2 aliphatic rings. The molecule has 1 aliphatic carbocycles. The lowest BCUT2D eigenvalue weighted by Crippen LogP contribution is -2.38. The highest BCUT2D eigenvalue weighted by Crippen LogP contribution is 2.35. The van der Waals surface area contributed by atoms with Crippen molar-refractivity contribution in [2.45, 2.75) is 70.9 Å². The number of rotatable bonds is 11. The molecular formula is C24H41IN4O2. The van der Waals surface area contributed by atoms with E-state index < -0.39 is 0 Å². The van der Waals surface area contributed by atoms with Gasteiger partial charge in [0.25, 0.3) is 0 Å². The van der Waals surface area contributed by atoms with Crippen LogP contribution in [0.4, 0.5) is 0 Å². The second-order valence-corrected chi connectivity index (χ2v) is 8.35. The summed E-state index contributed by atoms with van der Waals surface area (Å²) in [4.78, 5) is 7.40. The van der Waals surface area contributed by atoms with E-state index in [1.807, 2.05) is 12.1 Å². The first-order chi connectivity index (χ1) is 14.8. The molecule has 6 nitrogen and oxygen atoms in total. The number of benzene rings is 1. The maximum absolute atomic E-state index is 6.34. The number of nitrogens with zero attached hydrogens (tertiary/aromatic N) is 2. The third kappa shape index (κ3) is 8.67. The predicted molar refractivity (Wildman–Crippen MR) is 139 cm³/mol. The highest BCUT2D eigenvalue weighted by Gasteiger charge is 2.20. The van der Waals surface area contributed by atoms with Crippen LogP contribution >= 0.6 is 24.0 Å². The van der Waals surface area contributed by atoms with Crippen LogP contribution in [-0.2, 0) is 6.54 Å². The molecule has 1 heterocycles. The molecule has 3 rings (SSSR count). The summed E-state index contributed by atoms with van der Waals surface area (Å²) in [6.07, 6.45) is 10.2. The Hall–Kier alpha value is -1.22. The lowest BCUT2D eigenvalue weighted by atomic mass is 10.1. The Morgan fingerprint density at radius 1 is 1.10 bits per heavy atom. The van der Waals surface area contributed by atoms with Gasteiger partial charge in [-0.15, -0.1) is 24.0 Å². The van der Waals surface area contributed by atoms with Gasteiger partial charge in [0, 0.05) is 18.7 Å². The van der Waals surface area contributed by atoms with E-state index in [0.717, 1.165) is 55.4 Å². The zero-order valence-corrected chi connectivity index (χ0v) is 21.7. The van der Waals surface area contributed by atoms with E-state index in [1.54, 1.807) is 7.11 Å². The second kappa shape index (κ2) is 14.8. The largest absolute Gasteiger partial charge is 0.493 e. The minimum atomic E-state index is 0. The van der Waals surface area contributed by atoms with Crippen molar-refractivity contribution in [3.05, 3.63) is 23.8 Å². The number of methoxy groups -OCH3 is 1. The van der Waals surface area contributed by atoms with Gasteiger partial charge in [0.05, 0.1) is 19.8 Å². The molecule has 1 saturated heterocycles. The summed E-state index contributed by atoms with van der Waals surface area (Å²) < 4.78 is 11.9. The third-order valence-corrected chi connectivity index (χ3v) is 6.01. The van der Waals surface area contributed by atoms with Crippen LogP contribution in [-0.4, -0.2) is 56.8 Å². The molecule has 0 amide bonds. The van der Waals surface area contributed by atoms with Gasteiger partial charge in [-0.3, -0.25) is 0 Å². The van der Waals surface area contributed by atoms with E-state index >= 15 is 0 Å². The van der Waals surface area contributed by atoms with Gasteiger partial charge in [0.1, 0.15) is 0 Å². The standard InChI is InChI=1S/C24H40N4O2.HI/c1-3-25-24(26-15-6-7-16-28-17-8-9-18-28)27-19-20-11-10-14-22(29-2)23(20)30-21-12-4-5-13-21;/h10-11,14,21H,3-9,12-13,15-19H2,1-2H3,(H2,25,26,27);1H. The molecule has 1 aliphatic heterocycles. The fourth-order valence-corrected chi connectivity index (χ4v) is 4.33. The van der Waals surface area contributed by atoms with Crippen LogP contribution in [0.15, 0.2) is 23.2 Å². The van der Waals surface area contributed by atoms with E-state index in [-0.39, 0.29) is 24.0 Å². The van der Waals surface area contributed by atoms with Crippen molar-refractivity contribution in [3.63, 3.8) is 0 Å². The molecule has 2 fully saturated rings. The molecule has 176 valence electrons. The van der Waals surface area contributed by atoms with Crippen LogP contribution in [0.2, 0.25) is 0 Å². The molecule has 0 bridgehead atoms. The lowest BCUT2D eigenvalue weighted by Gasteiger charge is -2.19. The van der Waals surface area contributed by atoms with Crippen LogP contribution in [0, 0.1) is 0 Å². The average Bonchev–Trinajstić information content (AvgIpc) is 3.46. The Morgan fingerprint density at radius 2 is 1.87 bits per heavy atom. The molecule has 31 heavy (non-hydrogen) atoms. The van der Waals surface area contributed by atoms with Gasteiger partial charge >= 0.3 is 0 Å². The number of aliphatic imine (C=N–C) groups is 1. The maximum Gasteiger partial charge on any atom is 0.191 e. The molecule has 1 saturated carbocycles. The van der Waals surface area contributed by atoms with E-state index in [1.165, 1.54) is 51.7 Å². The van der Waals surface area contributed by atoms with Crippen LogP contribution in [0.1, 0.15) is 63.9 Å². The molecule has 1 aromatic carbocycles. The summed E-state index contributed by atoms with van der Waals surface area (Å²) in [5, 5.41) is 6.85. The van der Waals surface area contributed by atoms with Gasteiger partial charge in [-0.05, 0) is 84.0 Å². The number of unbranched alkanes of at least 4 members (excludes halogenated alkanes) is 1. The SMILES string of the molecule is CCNC(=NCc1cccc(OC)c1OC1CCCC1)NCCCCN1CCCC1.I. The number of ether oxygens (including phenoxy) is 2. The number of nitrogens with one attached hydrogen (secondary N) is 2. The summed E-state index contributed by atoms with van der Waals surface area (Å²) in [5.74, 6) is 2.53. The van der Waals surface area contributed by atoms with Gasteiger partial charge in [-0.2, -0.15) is 0 Å². The van der Waals surface area contributed by atoms with Crippen LogP contribution in [0.25, 0.3) is 0 Å². The summed E-state index contributed by atoms with van der Waals surface area (Å²) in [6.45, 7) is 8.26. The summed E-state index contributed by atoms with van der Waals surface area (Å²) in [6, 6.07) is 6.08. The van der Waals surface area contributed by atoms with Crippen molar-refractivity contribution in [1.29, 1.82) is 0 Å². The van der Waals surface area contributed by atoms with E-state index in [9.17, 15) is 0 Å². The van der Waals surface area contributed by atoms with Crippen LogP contribution in [0.3, 0.4) is 0 Å². The Labute approximate surface area is 205 Å². The zero-order valence-electron chi connectivity index (χ0n) is 19.3. The maximum atomic E-state index is 6.34. The van der Waals surface area contributed by atoms with Crippen molar-refractivity contribution >= 4 is 29.9 Å². The molecule has 1 aromatic rings. The van der Waals surface area contributed by atoms with Gasteiger partial charge in [0.15, 0.2) is 17.5 Å². The number of hydrogen-bond acceptors (Lipinski definition) is 4. The Morgan fingerprint density at radius 3 is 2.58 bits per heavy atom. The monoisotopic (exact) mass is 544 g/mol. The summed E-state index contributed by atoms with van der Waals surface area (Å²) >= 11 is 0. The fourth-order valence-electron chi connectivity index (χ4n) is 4.33. The first-order valence-corrected chi connectivity index (χ1v) is 11.9. The van der Waals surface area contributed by atoms with E-state index in [0.29, 0.717) is 12.6 Å². The number of para-hydroxylation sites is 1. The molecule has 0 radical (unpaired) electrons. The minimum Gasteiger partial charge on any atom is -0.493 e. The first kappa shape index (κ1) is 26.0. The molecule has 0 spiro atoms. The van der Waals surface area contributed by atoms with Crippen molar-refractivity contribution in [3.8, 4) is 11.5 Å². The highest BCUT2D eigenvalue weighted by atomic mass is 127. The second-order valence-electron chi connectivity index (χ2n) is 8.35. The third-order valence-electron chi connectivity index (χ3n) is 6.01. The average molecular weight is 545 g/mol. The van der Waals surface area contributed by atoms with Crippen molar-refractivity contribution in [2.75, 3.05) is 39.8 Å². The van der Waals surface area contributed by atoms with Crippen molar-refractivity contribution in [1.82, 2.24) is 15.5 Å². The van der Waals surface area contributed by atoms with E-state index in [4.69, 9.17) is 14.5 Å². The Balaban J connectivity index is 0.00000341. The normalized spacial score (nSPS) is 17.4. The van der Waals surface area contributed by atoms with Crippen molar-refractivity contribution in [2.24, 2.45) is 4.99 Å². The predicted octanol–water partition coefficient (Wildman–Crippen LogP) is 4.57. The number of guanidine groups is 1. The minimum absolute atomic E-state index is 0. The molecule has 2 N–H and O–H groups in total. The van der Waals surface area contributed by atoms with Gasteiger partial charge < -0.3 is 25.0 Å². The lowest BCUT2D eigenvalue weighted by molar-refractivity contribution is 0.198. The first-order valence-electron chi connectivity index (χ1n) is 11.9. The highest BCUT2D eigenvalue weighted by molar-refractivity contribution is 14.0. The summed E-state index contributed by atoms with van der Waals surface area (Å²) in [7, 11) is 1.71. The van der Waals surface area contributed by atoms with Gasteiger partial charge in [0.2, 0.25) is 0 Å². The smallest absolute Gasteiger partial charge is 0.191 e. The number of halogens is 1. The van der Waals surface area contributed by atoms with E-state index in [2.05, 4.69) is 28.5 Å².